The quantitative estimate of drug-likeness (QED) is 0.250. The summed E-state index contributed by atoms with van der Waals surface area (Å²) >= 11 is 1.47. The van der Waals surface area contributed by atoms with Crippen molar-refractivity contribution in [2.45, 2.75) is 18.9 Å². The Morgan fingerprint density at radius 1 is 1.02 bits per heavy atom. The summed E-state index contributed by atoms with van der Waals surface area (Å²) < 4.78 is 29.6. The van der Waals surface area contributed by atoms with Crippen LogP contribution in [0.5, 0.6) is 0 Å². The van der Waals surface area contributed by atoms with Crippen LogP contribution < -0.4 is 10.2 Å². The zero-order chi connectivity index (χ0) is 27.8. The maximum absolute atomic E-state index is 14.1. The molecule has 0 bridgehead atoms. The van der Waals surface area contributed by atoms with Crippen molar-refractivity contribution in [2.75, 3.05) is 37.4 Å². The van der Waals surface area contributed by atoms with Crippen molar-refractivity contribution in [3.05, 3.63) is 90.1 Å². The van der Waals surface area contributed by atoms with Crippen LogP contribution >= 0.6 is 11.3 Å². The first-order valence-corrected chi connectivity index (χ1v) is 14.0. The van der Waals surface area contributed by atoms with E-state index < -0.39 is 11.6 Å². The van der Waals surface area contributed by atoms with E-state index in [0.717, 1.165) is 53.9 Å². The van der Waals surface area contributed by atoms with Gasteiger partial charge in [0.1, 0.15) is 5.69 Å². The molecule has 2 aromatic carbocycles. The first kappa shape index (κ1) is 25.9. The molecule has 0 amide bonds. The van der Waals surface area contributed by atoms with E-state index in [1.54, 1.807) is 6.20 Å². The number of hydrogen-bond donors (Lipinski definition) is 1. The Labute approximate surface area is 235 Å². The summed E-state index contributed by atoms with van der Waals surface area (Å²) in [4.78, 5) is 19.1. The van der Waals surface area contributed by atoms with Gasteiger partial charge in [-0.1, -0.05) is 18.7 Å². The van der Waals surface area contributed by atoms with Crippen LogP contribution in [-0.2, 0) is 0 Å². The highest BCUT2D eigenvalue weighted by atomic mass is 32.1. The summed E-state index contributed by atoms with van der Waals surface area (Å²) in [5.74, 6) is -1.28. The number of fused-ring (bicyclic) bond motifs is 1. The summed E-state index contributed by atoms with van der Waals surface area (Å²) in [6, 6.07) is 14.3. The molecule has 1 aliphatic heterocycles. The first-order chi connectivity index (χ1) is 19.4. The van der Waals surface area contributed by atoms with E-state index >= 15 is 0 Å². The summed E-state index contributed by atoms with van der Waals surface area (Å²) in [6.45, 7) is 6.11. The molecule has 0 saturated carbocycles. The third kappa shape index (κ3) is 5.02. The molecule has 1 saturated heterocycles. The Morgan fingerprint density at radius 3 is 2.52 bits per heavy atom. The number of anilines is 2. The first-order valence-electron chi connectivity index (χ1n) is 13.1. The minimum Gasteiger partial charge on any atom is -0.378 e. The molecule has 7 nitrogen and oxygen atoms in total. The lowest BCUT2D eigenvalue weighted by Gasteiger charge is -2.35. The van der Waals surface area contributed by atoms with Gasteiger partial charge in [-0.15, -0.1) is 11.3 Å². The minimum absolute atomic E-state index is 0.215. The number of benzene rings is 2. The molecule has 0 spiro atoms. The highest BCUT2D eigenvalue weighted by molar-refractivity contribution is 7.15. The maximum atomic E-state index is 14.1. The molecule has 0 aliphatic carbocycles. The third-order valence-corrected chi connectivity index (χ3v) is 8.04. The van der Waals surface area contributed by atoms with Crippen molar-refractivity contribution >= 4 is 33.6 Å². The van der Waals surface area contributed by atoms with Gasteiger partial charge in [0.15, 0.2) is 16.6 Å². The van der Waals surface area contributed by atoms with Crippen molar-refractivity contribution in [1.29, 1.82) is 0 Å². The fraction of sp³-hybridized carbons (Fsp3) is 0.233. The molecule has 10 heteroatoms. The van der Waals surface area contributed by atoms with Crippen LogP contribution in [0, 0.1) is 11.6 Å². The van der Waals surface area contributed by atoms with Crippen LogP contribution in [0.2, 0.25) is 0 Å². The van der Waals surface area contributed by atoms with E-state index in [0.29, 0.717) is 28.6 Å². The van der Waals surface area contributed by atoms with Gasteiger partial charge in [0.05, 0.1) is 11.4 Å². The summed E-state index contributed by atoms with van der Waals surface area (Å²) in [6.07, 6.45) is 5.45. The highest BCUT2D eigenvalue weighted by Crippen LogP contribution is 2.34. The second-order valence-electron chi connectivity index (χ2n) is 10.1. The van der Waals surface area contributed by atoms with Crippen molar-refractivity contribution in [3.8, 4) is 22.6 Å². The predicted octanol–water partition coefficient (Wildman–Crippen LogP) is 6.41. The smallest absolute Gasteiger partial charge is 0.223 e. The second-order valence-corrected chi connectivity index (χ2v) is 10.9. The fourth-order valence-electron chi connectivity index (χ4n) is 5.05. The molecule has 1 fully saturated rings. The number of halogens is 2. The summed E-state index contributed by atoms with van der Waals surface area (Å²) in [7, 11) is 4.07. The number of rotatable bonds is 7. The number of nitrogens with one attached hydrogen (secondary N) is 1. The molecule has 1 aliphatic rings. The van der Waals surface area contributed by atoms with Gasteiger partial charge in [-0.25, -0.2) is 23.7 Å². The van der Waals surface area contributed by atoms with Gasteiger partial charge in [0.2, 0.25) is 5.95 Å². The SMILES string of the molecule is C=C(c1ccc(N(C)C)cc1)N1CCC(Nc2nccc(-c3c(-c4ccc(F)c(F)c4)nc4sccn34)n2)CC1. The Morgan fingerprint density at radius 2 is 1.80 bits per heavy atom. The zero-order valence-electron chi connectivity index (χ0n) is 22.3. The van der Waals surface area contributed by atoms with E-state index in [4.69, 9.17) is 9.97 Å². The lowest BCUT2D eigenvalue weighted by molar-refractivity contribution is 0.309. The Bertz CT molecular complexity index is 1670. The van der Waals surface area contributed by atoms with Crippen molar-refractivity contribution in [1.82, 2.24) is 24.3 Å². The summed E-state index contributed by atoms with van der Waals surface area (Å²) in [5.41, 5.74) is 5.71. The molecule has 4 heterocycles. The van der Waals surface area contributed by atoms with Gasteiger partial charge in [0, 0.05) is 67.9 Å². The Hall–Kier alpha value is -4.31. The van der Waals surface area contributed by atoms with E-state index in [2.05, 4.69) is 50.9 Å². The largest absolute Gasteiger partial charge is 0.378 e. The van der Waals surface area contributed by atoms with Gasteiger partial charge < -0.3 is 15.1 Å². The van der Waals surface area contributed by atoms with E-state index in [1.165, 1.54) is 23.5 Å². The number of imidazole rings is 1. The Kier molecular flexibility index (Phi) is 6.93. The lowest BCUT2D eigenvalue weighted by atomic mass is 10.0. The van der Waals surface area contributed by atoms with E-state index in [-0.39, 0.29) is 6.04 Å². The Balaban J connectivity index is 1.18. The van der Waals surface area contributed by atoms with Gasteiger partial charge in [0.25, 0.3) is 0 Å². The van der Waals surface area contributed by atoms with Crippen LogP contribution in [-0.4, -0.2) is 57.5 Å². The standard InChI is InChI=1S/C30H29F2N7S/c1-19(20-4-7-23(8-5-20)37(2)3)38-14-11-22(12-15-38)34-29-33-13-10-26(35-29)28-27(36-30-39(28)16-17-40-30)21-6-9-24(31)25(32)18-21/h4-10,13,16-18,22H,1,11-12,14-15H2,2-3H3,(H,33,34,35). The average molecular weight is 558 g/mol. The zero-order valence-corrected chi connectivity index (χ0v) is 23.1. The van der Waals surface area contributed by atoms with Gasteiger partial charge >= 0.3 is 0 Å². The number of likely N-dealkylation sites (tertiary alicyclic amines) is 1. The molecule has 40 heavy (non-hydrogen) atoms. The van der Waals surface area contributed by atoms with Crippen molar-refractivity contribution in [3.63, 3.8) is 0 Å². The highest BCUT2D eigenvalue weighted by Gasteiger charge is 2.23. The van der Waals surface area contributed by atoms with E-state index in [1.807, 2.05) is 36.1 Å². The third-order valence-electron chi connectivity index (χ3n) is 7.28. The van der Waals surface area contributed by atoms with Gasteiger partial charge in [-0.3, -0.25) is 4.40 Å². The van der Waals surface area contributed by atoms with Crippen LogP contribution in [0.15, 0.2) is 72.9 Å². The number of nitrogens with zero attached hydrogens (tertiary/aromatic N) is 6. The number of piperidine rings is 1. The van der Waals surface area contributed by atoms with Crippen LogP contribution in [0.25, 0.3) is 33.3 Å². The maximum Gasteiger partial charge on any atom is 0.223 e. The van der Waals surface area contributed by atoms with Crippen LogP contribution in [0.3, 0.4) is 0 Å². The number of hydrogen-bond acceptors (Lipinski definition) is 7. The molecule has 0 atom stereocenters. The molecule has 0 radical (unpaired) electrons. The molecule has 204 valence electrons. The topological polar surface area (TPSA) is 61.6 Å². The fourth-order valence-corrected chi connectivity index (χ4v) is 5.76. The molecule has 3 aromatic heterocycles. The predicted molar refractivity (Wildman–Crippen MR) is 157 cm³/mol. The molecular weight excluding hydrogens is 528 g/mol. The number of aromatic nitrogens is 4. The average Bonchev–Trinajstić information content (AvgIpc) is 3.56. The molecular formula is C30H29F2N7S. The molecule has 5 aromatic rings. The second kappa shape index (κ2) is 10.7. The molecule has 6 rings (SSSR count). The van der Waals surface area contributed by atoms with Crippen LogP contribution in [0.1, 0.15) is 18.4 Å². The van der Waals surface area contributed by atoms with E-state index in [9.17, 15) is 8.78 Å². The normalized spacial score (nSPS) is 14.1. The number of thiazole rings is 1. The molecule has 1 N–H and O–H groups in total. The van der Waals surface area contributed by atoms with Gasteiger partial charge in [-0.05, 0) is 54.8 Å². The lowest BCUT2D eigenvalue weighted by Crippen LogP contribution is -2.38. The van der Waals surface area contributed by atoms with Crippen molar-refractivity contribution in [2.24, 2.45) is 0 Å². The summed E-state index contributed by atoms with van der Waals surface area (Å²) in [5, 5.41) is 5.43. The minimum atomic E-state index is -0.913. The monoisotopic (exact) mass is 557 g/mol. The van der Waals surface area contributed by atoms with Gasteiger partial charge in [-0.2, -0.15) is 0 Å². The van der Waals surface area contributed by atoms with Crippen LogP contribution in [0.4, 0.5) is 20.4 Å². The van der Waals surface area contributed by atoms with Crippen molar-refractivity contribution < 1.29 is 8.78 Å². The molecule has 0 unspecified atom stereocenters.